The van der Waals surface area contributed by atoms with Gasteiger partial charge in [0.15, 0.2) is 0 Å². The van der Waals surface area contributed by atoms with Crippen molar-refractivity contribution in [3.63, 3.8) is 0 Å². The van der Waals surface area contributed by atoms with Crippen molar-refractivity contribution < 1.29 is 19.1 Å². The van der Waals surface area contributed by atoms with Crippen molar-refractivity contribution in [3.8, 4) is 0 Å². The number of likely N-dealkylation sites (tertiary alicyclic amines) is 1. The minimum atomic E-state index is -0.368. The Balaban J connectivity index is 1.52. The molecule has 1 aliphatic rings. The highest BCUT2D eigenvalue weighted by atomic mass is 32.1. The van der Waals surface area contributed by atoms with E-state index >= 15 is 0 Å². The van der Waals surface area contributed by atoms with Crippen LogP contribution in [0.4, 0.5) is 10.8 Å². The number of amides is 3. The number of ether oxygens (including phenoxy) is 1. The van der Waals surface area contributed by atoms with E-state index in [4.69, 9.17) is 4.74 Å². The maximum atomic E-state index is 12.5. The monoisotopic (exact) mass is 445 g/mol. The molecule has 3 rings (SSSR count). The molecule has 0 radical (unpaired) electrons. The van der Waals surface area contributed by atoms with E-state index < -0.39 is 0 Å². The van der Waals surface area contributed by atoms with Gasteiger partial charge in [0.1, 0.15) is 5.01 Å². The molecule has 9 nitrogen and oxygen atoms in total. The molecule has 0 bridgehead atoms. The lowest BCUT2D eigenvalue weighted by Gasteiger charge is -2.20. The zero-order valence-electron chi connectivity index (χ0n) is 17.9. The fourth-order valence-corrected chi connectivity index (χ4v) is 3.95. The highest BCUT2D eigenvalue weighted by molar-refractivity contribution is 7.15. The van der Waals surface area contributed by atoms with E-state index in [1.807, 2.05) is 20.8 Å². The van der Waals surface area contributed by atoms with Gasteiger partial charge in [-0.2, -0.15) is 0 Å². The topological polar surface area (TPSA) is 114 Å². The minimum absolute atomic E-state index is 0.0000997. The van der Waals surface area contributed by atoms with E-state index in [1.54, 1.807) is 29.2 Å². The quantitative estimate of drug-likeness (QED) is 0.574. The summed E-state index contributed by atoms with van der Waals surface area (Å²) in [6.07, 6.45) is 0.871. The fourth-order valence-electron chi connectivity index (χ4n) is 3.23. The van der Waals surface area contributed by atoms with Crippen molar-refractivity contribution in [1.29, 1.82) is 0 Å². The second kappa shape index (κ2) is 10.5. The Morgan fingerprint density at radius 1 is 1.23 bits per heavy atom. The van der Waals surface area contributed by atoms with Gasteiger partial charge in [-0.15, -0.1) is 10.2 Å². The molecule has 31 heavy (non-hydrogen) atoms. The molecule has 0 saturated carbocycles. The maximum Gasteiger partial charge on any atom is 0.257 e. The Morgan fingerprint density at radius 3 is 2.61 bits per heavy atom. The van der Waals surface area contributed by atoms with Gasteiger partial charge in [0.05, 0.1) is 12.5 Å². The summed E-state index contributed by atoms with van der Waals surface area (Å²) >= 11 is 1.31. The molecule has 166 valence electrons. The molecular weight excluding hydrogens is 418 g/mol. The molecule has 0 spiro atoms. The average Bonchev–Trinajstić information content (AvgIpc) is 3.35. The SMILES string of the molecule is CCOCCc1nnc(NC(=O)c2ccc(NC(=O)C3CC(=O)N(C(C)C)C3)cc2)s1. The van der Waals surface area contributed by atoms with Gasteiger partial charge in [-0.05, 0) is 45.0 Å². The van der Waals surface area contributed by atoms with Crippen LogP contribution in [0.3, 0.4) is 0 Å². The number of nitrogens with one attached hydrogen (secondary N) is 2. The van der Waals surface area contributed by atoms with E-state index in [1.165, 1.54) is 11.3 Å². The first kappa shape index (κ1) is 22.8. The van der Waals surface area contributed by atoms with Gasteiger partial charge in [0, 0.05) is 43.3 Å². The van der Waals surface area contributed by atoms with Gasteiger partial charge in [-0.1, -0.05) is 11.3 Å². The molecule has 1 aromatic carbocycles. The third kappa shape index (κ3) is 6.08. The summed E-state index contributed by atoms with van der Waals surface area (Å²) in [5.41, 5.74) is 1.01. The highest BCUT2D eigenvalue weighted by Gasteiger charge is 2.35. The molecule has 3 amide bonds. The van der Waals surface area contributed by atoms with E-state index in [0.29, 0.717) is 42.6 Å². The third-order valence-electron chi connectivity index (χ3n) is 4.92. The van der Waals surface area contributed by atoms with Crippen molar-refractivity contribution in [2.24, 2.45) is 5.92 Å². The first-order chi connectivity index (χ1) is 14.9. The standard InChI is InChI=1S/C21H27N5O4S/c1-4-30-10-9-17-24-25-21(31-17)23-19(28)14-5-7-16(8-6-14)22-20(29)15-11-18(27)26(12-15)13(2)3/h5-8,13,15H,4,9-12H2,1-3H3,(H,22,29)(H,23,25,28). The molecule has 1 saturated heterocycles. The van der Waals surface area contributed by atoms with E-state index in [-0.39, 0.29) is 36.1 Å². The van der Waals surface area contributed by atoms with E-state index in [2.05, 4.69) is 20.8 Å². The number of carbonyl (C=O) groups is 3. The van der Waals surface area contributed by atoms with Crippen LogP contribution < -0.4 is 10.6 Å². The summed E-state index contributed by atoms with van der Waals surface area (Å²) in [4.78, 5) is 38.7. The molecule has 2 heterocycles. The summed E-state index contributed by atoms with van der Waals surface area (Å²) in [7, 11) is 0. The number of aromatic nitrogens is 2. The lowest BCUT2D eigenvalue weighted by molar-refractivity contribution is -0.129. The smallest absolute Gasteiger partial charge is 0.257 e. The number of nitrogens with zero attached hydrogens (tertiary/aromatic N) is 3. The van der Waals surface area contributed by atoms with Crippen LogP contribution in [0.2, 0.25) is 0 Å². The van der Waals surface area contributed by atoms with Crippen molar-refractivity contribution in [1.82, 2.24) is 15.1 Å². The number of carbonyl (C=O) groups excluding carboxylic acids is 3. The second-order valence-corrected chi connectivity index (χ2v) is 8.57. The van der Waals surface area contributed by atoms with Gasteiger partial charge < -0.3 is 15.0 Å². The lowest BCUT2D eigenvalue weighted by atomic mass is 10.1. The normalized spacial score (nSPS) is 16.1. The summed E-state index contributed by atoms with van der Waals surface area (Å²) in [6, 6.07) is 6.66. The number of hydrogen-bond acceptors (Lipinski definition) is 7. The first-order valence-corrected chi connectivity index (χ1v) is 11.1. The maximum absolute atomic E-state index is 12.5. The molecule has 1 unspecified atom stereocenters. The first-order valence-electron chi connectivity index (χ1n) is 10.3. The Kier molecular flexibility index (Phi) is 7.69. The van der Waals surface area contributed by atoms with Gasteiger partial charge >= 0.3 is 0 Å². The summed E-state index contributed by atoms with van der Waals surface area (Å²) in [6.45, 7) is 7.44. The largest absolute Gasteiger partial charge is 0.381 e. The molecule has 1 atom stereocenters. The predicted molar refractivity (Wildman–Crippen MR) is 118 cm³/mol. The number of anilines is 2. The zero-order valence-corrected chi connectivity index (χ0v) is 18.7. The minimum Gasteiger partial charge on any atom is -0.381 e. The van der Waals surface area contributed by atoms with Crippen LogP contribution in [0.15, 0.2) is 24.3 Å². The molecule has 1 aliphatic heterocycles. The van der Waals surface area contributed by atoms with Crippen molar-refractivity contribution in [3.05, 3.63) is 34.8 Å². The molecular formula is C21H27N5O4S. The average molecular weight is 446 g/mol. The summed E-state index contributed by atoms with van der Waals surface area (Å²) in [5.74, 6) is -0.867. The van der Waals surface area contributed by atoms with Gasteiger partial charge in [0.25, 0.3) is 5.91 Å². The Hall–Kier alpha value is -2.85. The van der Waals surface area contributed by atoms with Crippen molar-refractivity contribution in [2.45, 2.75) is 39.7 Å². The van der Waals surface area contributed by atoms with Gasteiger partial charge in [-0.3, -0.25) is 19.7 Å². The molecule has 2 N–H and O–H groups in total. The molecule has 2 aromatic rings. The highest BCUT2D eigenvalue weighted by Crippen LogP contribution is 2.22. The Bertz CT molecular complexity index is 928. The van der Waals surface area contributed by atoms with Crippen LogP contribution >= 0.6 is 11.3 Å². The zero-order chi connectivity index (χ0) is 22.4. The van der Waals surface area contributed by atoms with Crippen LogP contribution in [0.25, 0.3) is 0 Å². The number of hydrogen-bond donors (Lipinski definition) is 2. The van der Waals surface area contributed by atoms with Crippen LogP contribution in [0, 0.1) is 5.92 Å². The summed E-state index contributed by atoms with van der Waals surface area (Å²) < 4.78 is 5.29. The van der Waals surface area contributed by atoms with Crippen LogP contribution in [0.5, 0.6) is 0 Å². The Morgan fingerprint density at radius 2 is 1.97 bits per heavy atom. The van der Waals surface area contributed by atoms with Crippen molar-refractivity contribution in [2.75, 3.05) is 30.4 Å². The van der Waals surface area contributed by atoms with Crippen LogP contribution in [-0.2, 0) is 20.7 Å². The van der Waals surface area contributed by atoms with Crippen molar-refractivity contribution >= 4 is 39.9 Å². The number of rotatable bonds is 9. The second-order valence-electron chi connectivity index (χ2n) is 7.51. The number of benzene rings is 1. The molecule has 10 heteroatoms. The van der Waals surface area contributed by atoms with E-state index in [0.717, 1.165) is 5.01 Å². The third-order valence-corrected chi connectivity index (χ3v) is 5.82. The fraction of sp³-hybridized carbons (Fsp3) is 0.476. The predicted octanol–water partition coefficient (Wildman–Crippen LogP) is 2.56. The summed E-state index contributed by atoms with van der Waals surface area (Å²) in [5, 5.41) is 14.8. The van der Waals surface area contributed by atoms with E-state index in [9.17, 15) is 14.4 Å². The molecule has 1 aromatic heterocycles. The molecule has 1 fully saturated rings. The Labute approximate surface area is 185 Å². The van der Waals surface area contributed by atoms with Crippen LogP contribution in [-0.4, -0.2) is 58.6 Å². The van der Waals surface area contributed by atoms with Crippen LogP contribution in [0.1, 0.15) is 42.6 Å². The van der Waals surface area contributed by atoms with Gasteiger partial charge in [-0.25, -0.2) is 0 Å². The van der Waals surface area contributed by atoms with Gasteiger partial charge in [0.2, 0.25) is 16.9 Å². The molecule has 0 aliphatic carbocycles. The lowest BCUT2D eigenvalue weighted by Crippen LogP contribution is -2.33.